The number of carbonyl (C=O) groups is 1. The molecule has 40 heavy (non-hydrogen) atoms. The van der Waals surface area contributed by atoms with E-state index in [1.807, 2.05) is 79.1 Å². The first-order chi connectivity index (χ1) is 19.4. The van der Waals surface area contributed by atoms with Crippen LogP contribution in [0.5, 0.6) is 0 Å². The van der Waals surface area contributed by atoms with Crippen molar-refractivity contribution in [1.82, 2.24) is 24.1 Å². The highest BCUT2D eigenvalue weighted by Crippen LogP contribution is 2.29. The number of para-hydroxylation sites is 1. The first-order valence-electron chi connectivity index (χ1n) is 12.7. The van der Waals surface area contributed by atoms with Crippen LogP contribution >= 0.6 is 23.1 Å². The van der Waals surface area contributed by atoms with E-state index in [1.54, 1.807) is 18.2 Å². The Morgan fingerprint density at radius 3 is 2.48 bits per heavy atom. The number of fused-ring (bicyclic) bond motifs is 1. The molecule has 0 saturated carbocycles. The minimum Gasteiger partial charge on any atom is -0.301 e. The third-order valence-corrected chi connectivity index (χ3v) is 10.2. The van der Waals surface area contributed by atoms with E-state index in [2.05, 4.69) is 20.5 Å². The predicted octanol–water partition coefficient (Wildman–Crippen LogP) is 5.36. The molecule has 0 aliphatic rings. The molecule has 2 heterocycles. The number of benzene rings is 3. The van der Waals surface area contributed by atoms with E-state index in [4.69, 9.17) is 0 Å². The van der Waals surface area contributed by atoms with Gasteiger partial charge < -0.3 is 5.32 Å². The van der Waals surface area contributed by atoms with Gasteiger partial charge in [-0.05, 0) is 29.8 Å². The minimum absolute atomic E-state index is 0.110. The van der Waals surface area contributed by atoms with Crippen LogP contribution in [0.15, 0.2) is 88.9 Å². The van der Waals surface area contributed by atoms with Gasteiger partial charge in [-0.3, -0.25) is 9.36 Å². The maximum absolute atomic E-state index is 13.2. The summed E-state index contributed by atoms with van der Waals surface area (Å²) in [5.74, 6) is 0.431. The zero-order chi connectivity index (χ0) is 28.1. The topological polar surface area (TPSA) is 110 Å². The van der Waals surface area contributed by atoms with E-state index in [9.17, 15) is 13.2 Å². The van der Waals surface area contributed by atoms with Crippen LogP contribution in [-0.2, 0) is 21.4 Å². The summed E-state index contributed by atoms with van der Waals surface area (Å²) >= 11 is 2.69. The predicted molar refractivity (Wildman–Crippen MR) is 160 cm³/mol. The smallest absolute Gasteiger partial charge is 0.243 e. The molecule has 0 aliphatic carbocycles. The van der Waals surface area contributed by atoms with Crippen molar-refractivity contribution in [2.45, 2.75) is 30.4 Å². The molecule has 0 aliphatic heterocycles. The molecule has 206 valence electrons. The standard InChI is InChI=1S/C28H28N6O3S3/c1-3-33(4-2)40(36,37)22-14-10-13-21(17-22)26-31-32-28(34(26)18-20-11-6-5-7-12-20)38-19-25(35)30-27-29-23-15-8-9-16-24(23)39-27/h5-17H,3-4,18-19H2,1-2H3,(H,29,30,35). The van der Waals surface area contributed by atoms with Gasteiger partial charge >= 0.3 is 0 Å². The number of sulfonamides is 1. The number of rotatable bonds is 11. The molecule has 0 unspecified atom stereocenters. The Kier molecular flexibility index (Phi) is 8.60. The van der Waals surface area contributed by atoms with Crippen LogP contribution in [0.4, 0.5) is 5.13 Å². The van der Waals surface area contributed by atoms with E-state index in [-0.39, 0.29) is 16.6 Å². The Morgan fingerprint density at radius 1 is 0.975 bits per heavy atom. The number of thiazole rings is 1. The number of carbonyl (C=O) groups excluding carboxylic acids is 1. The zero-order valence-electron chi connectivity index (χ0n) is 22.0. The molecule has 0 spiro atoms. The number of nitrogens with one attached hydrogen (secondary N) is 1. The third-order valence-electron chi connectivity index (χ3n) is 6.21. The molecule has 5 aromatic rings. The second-order valence-corrected chi connectivity index (χ2v) is 12.7. The highest BCUT2D eigenvalue weighted by Gasteiger charge is 2.23. The van der Waals surface area contributed by atoms with E-state index < -0.39 is 10.0 Å². The van der Waals surface area contributed by atoms with Gasteiger partial charge in [0.15, 0.2) is 16.1 Å². The molecule has 0 radical (unpaired) electrons. The fourth-order valence-corrected chi connectivity index (χ4v) is 7.36. The average molecular weight is 593 g/mol. The van der Waals surface area contributed by atoms with Crippen LogP contribution in [0.25, 0.3) is 21.6 Å². The molecule has 2 aromatic heterocycles. The van der Waals surface area contributed by atoms with Crippen LogP contribution in [-0.4, -0.2) is 57.2 Å². The van der Waals surface area contributed by atoms with Gasteiger partial charge in [0.05, 0.1) is 27.4 Å². The van der Waals surface area contributed by atoms with Crippen molar-refractivity contribution in [2.24, 2.45) is 0 Å². The summed E-state index contributed by atoms with van der Waals surface area (Å²) in [6, 6.07) is 24.3. The van der Waals surface area contributed by atoms with Crippen molar-refractivity contribution in [3.05, 3.63) is 84.4 Å². The lowest BCUT2D eigenvalue weighted by atomic mass is 10.2. The van der Waals surface area contributed by atoms with Gasteiger partial charge in [-0.15, -0.1) is 10.2 Å². The van der Waals surface area contributed by atoms with Crippen molar-refractivity contribution in [3.8, 4) is 11.4 Å². The van der Waals surface area contributed by atoms with Gasteiger partial charge in [0.25, 0.3) is 0 Å². The van der Waals surface area contributed by atoms with Crippen molar-refractivity contribution >= 4 is 54.4 Å². The van der Waals surface area contributed by atoms with Gasteiger partial charge in [0.1, 0.15) is 0 Å². The minimum atomic E-state index is -3.64. The number of anilines is 1. The summed E-state index contributed by atoms with van der Waals surface area (Å²) in [7, 11) is -3.64. The second kappa shape index (κ2) is 12.3. The number of aromatic nitrogens is 4. The molecule has 0 fully saturated rings. The number of hydrogen-bond donors (Lipinski definition) is 1. The molecule has 1 amide bonds. The van der Waals surface area contributed by atoms with Crippen LogP contribution in [0.2, 0.25) is 0 Å². The molecular formula is C28H28N6O3S3. The largest absolute Gasteiger partial charge is 0.301 e. The summed E-state index contributed by atoms with van der Waals surface area (Å²) in [6.45, 7) is 4.86. The molecule has 0 bridgehead atoms. The van der Waals surface area contributed by atoms with Gasteiger partial charge in [-0.25, -0.2) is 13.4 Å². The van der Waals surface area contributed by atoms with E-state index in [0.717, 1.165) is 15.8 Å². The summed E-state index contributed by atoms with van der Waals surface area (Å²) in [5.41, 5.74) is 2.49. The number of amides is 1. The highest BCUT2D eigenvalue weighted by molar-refractivity contribution is 7.99. The lowest BCUT2D eigenvalue weighted by molar-refractivity contribution is -0.113. The van der Waals surface area contributed by atoms with Crippen molar-refractivity contribution < 1.29 is 13.2 Å². The lowest BCUT2D eigenvalue weighted by Gasteiger charge is -2.19. The fourth-order valence-electron chi connectivity index (χ4n) is 4.24. The number of hydrogen-bond acceptors (Lipinski definition) is 8. The molecule has 1 N–H and O–H groups in total. The Bertz CT molecular complexity index is 1700. The van der Waals surface area contributed by atoms with Gasteiger partial charge in [0, 0.05) is 18.7 Å². The maximum atomic E-state index is 13.2. The number of nitrogens with zero attached hydrogens (tertiary/aromatic N) is 5. The Hall–Kier alpha value is -3.58. The van der Waals surface area contributed by atoms with E-state index >= 15 is 0 Å². The molecular weight excluding hydrogens is 565 g/mol. The van der Waals surface area contributed by atoms with Gasteiger partial charge in [0.2, 0.25) is 15.9 Å². The van der Waals surface area contributed by atoms with Crippen molar-refractivity contribution in [3.63, 3.8) is 0 Å². The SMILES string of the molecule is CCN(CC)S(=O)(=O)c1cccc(-c2nnc(SCC(=O)Nc3nc4ccccc4s3)n2Cc2ccccc2)c1. The number of thioether (sulfide) groups is 1. The van der Waals surface area contributed by atoms with E-state index in [0.29, 0.717) is 41.3 Å². The van der Waals surface area contributed by atoms with Crippen LogP contribution < -0.4 is 5.32 Å². The third kappa shape index (κ3) is 6.09. The molecule has 9 nitrogen and oxygen atoms in total. The fraction of sp³-hybridized carbons (Fsp3) is 0.214. The zero-order valence-corrected chi connectivity index (χ0v) is 24.5. The van der Waals surface area contributed by atoms with Crippen LogP contribution in [0.1, 0.15) is 19.4 Å². The Labute approximate surface area is 241 Å². The van der Waals surface area contributed by atoms with Crippen molar-refractivity contribution in [2.75, 3.05) is 24.2 Å². The molecule has 12 heteroatoms. The molecule has 0 atom stereocenters. The van der Waals surface area contributed by atoms with Gasteiger partial charge in [-0.2, -0.15) is 4.31 Å². The quantitative estimate of drug-likeness (QED) is 0.206. The summed E-state index contributed by atoms with van der Waals surface area (Å²) in [6.07, 6.45) is 0. The molecule has 3 aromatic carbocycles. The van der Waals surface area contributed by atoms with Crippen molar-refractivity contribution in [1.29, 1.82) is 0 Å². The van der Waals surface area contributed by atoms with E-state index in [1.165, 1.54) is 27.4 Å². The first-order valence-corrected chi connectivity index (χ1v) is 16.0. The normalized spacial score (nSPS) is 11.8. The van der Waals surface area contributed by atoms with Gasteiger partial charge in [-0.1, -0.05) is 91.5 Å². The summed E-state index contributed by atoms with van der Waals surface area (Å²) in [5, 5.41) is 12.8. The summed E-state index contributed by atoms with van der Waals surface area (Å²) < 4.78 is 30.7. The average Bonchev–Trinajstić information content (AvgIpc) is 3.56. The molecule has 5 rings (SSSR count). The van der Waals surface area contributed by atoms with Crippen LogP contribution in [0.3, 0.4) is 0 Å². The molecule has 0 saturated heterocycles. The summed E-state index contributed by atoms with van der Waals surface area (Å²) in [4.78, 5) is 17.5. The highest BCUT2D eigenvalue weighted by atomic mass is 32.2. The monoisotopic (exact) mass is 592 g/mol. The maximum Gasteiger partial charge on any atom is 0.243 e. The lowest BCUT2D eigenvalue weighted by Crippen LogP contribution is -2.30. The first kappa shape index (κ1) is 28.0. The second-order valence-electron chi connectivity index (χ2n) is 8.82. The van der Waals surface area contributed by atoms with Crippen LogP contribution in [0, 0.1) is 0 Å². The Morgan fingerprint density at radius 2 is 1.73 bits per heavy atom. The Balaban J connectivity index is 1.41.